The molecule has 3 nitrogen and oxygen atoms in total. The number of hydrogen-bond acceptors (Lipinski definition) is 3. The van der Waals surface area contributed by atoms with Crippen LogP contribution in [-0.4, -0.2) is 50.5 Å². The highest BCUT2D eigenvalue weighted by atomic mass is 19.4. The molecule has 0 N–H and O–H groups in total. The average molecular weight is 303 g/mol. The van der Waals surface area contributed by atoms with Crippen LogP contribution in [0.1, 0.15) is 18.4 Å². The maximum atomic E-state index is 12.6. The third kappa shape index (κ3) is 4.89. The molecule has 0 amide bonds. The first-order chi connectivity index (χ1) is 9.97. The molecule has 1 fully saturated rings. The summed E-state index contributed by atoms with van der Waals surface area (Å²) in [5.41, 5.74) is 0.253. The van der Waals surface area contributed by atoms with Gasteiger partial charge in [0, 0.05) is 19.6 Å². The van der Waals surface area contributed by atoms with Crippen LogP contribution in [0.4, 0.5) is 13.2 Å². The topological polar surface area (TPSA) is 21.7 Å². The molecule has 1 aromatic carbocycles. The van der Waals surface area contributed by atoms with Crippen molar-refractivity contribution in [2.24, 2.45) is 0 Å². The molecule has 0 aromatic heterocycles. The van der Waals surface area contributed by atoms with Crippen molar-refractivity contribution in [3.8, 4) is 5.75 Å². The summed E-state index contributed by atoms with van der Waals surface area (Å²) < 4.78 is 48.6. The van der Waals surface area contributed by atoms with Crippen LogP contribution in [0, 0.1) is 0 Å². The minimum absolute atomic E-state index is 0.253. The summed E-state index contributed by atoms with van der Waals surface area (Å²) in [6.45, 7) is 5.75. The molecule has 2 rings (SSSR count). The normalized spacial score (nSPS) is 18.5. The Morgan fingerprint density at radius 3 is 2.38 bits per heavy atom. The summed E-state index contributed by atoms with van der Waals surface area (Å²) in [6, 6.07) is 6.14. The van der Waals surface area contributed by atoms with Gasteiger partial charge in [-0.3, -0.25) is 4.90 Å². The van der Waals surface area contributed by atoms with Gasteiger partial charge in [-0.1, -0.05) is 12.1 Å². The number of alkyl halides is 3. The highest BCUT2D eigenvalue weighted by Gasteiger charge is 2.36. The summed E-state index contributed by atoms with van der Waals surface area (Å²) >= 11 is 0. The van der Waals surface area contributed by atoms with Gasteiger partial charge in [0.2, 0.25) is 0 Å². The SMILES string of the molecule is CC(c1ccc(OCCN2CCOCC2)cc1)C(F)(F)F. The third-order valence-corrected chi connectivity index (χ3v) is 3.65. The van der Waals surface area contributed by atoms with Crippen molar-refractivity contribution < 1.29 is 22.6 Å². The van der Waals surface area contributed by atoms with Gasteiger partial charge in [0.1, 0.15) is 12.4 Å². The predicted molar refractivity (Wildman–Crippen MR) is 73.7 cm³/mol. The summed E-state index contributed by atoms with van der Waals surface area (Å²) in [4.78, 5) is 2.24. The van der Waals surface area contributed by atoms with E-state index in [9.17, 15) is 13.2 Å². The molecule has 21 heavy (non-hydrogen) atoms. The number of ether oxygens (including phenoxy) is 2. The van der Waals surface area contributed by atoms with Gasteiger partial charge in [-0.15, -0.1) is 0 Å². The van der Waals surface area contributed by atoms with E-state index in [1.54, 1.807) is 12.1 Å². The Bertz CT molecular complexity index is 428. The van der Waals surface area contributed by atoms with Crippen molar-refractivity contribution >= 4 is 0 Å². The van der Waals surface area contributed by atoms with E-state index in [1.807, 2.05) is 0 Å². The highest BCUT2D eigenvalue weighted by Crippen LogP contribution is 2.34. The summed E-state index contributed by atoms with van der Waals surface area (Å²) in [6.07, 6.45) is -4.21. The molecule has 1 aliphatic heterocycles. The highest BCUT2D eigenvalue weighted by molar-refractivity contribution is 5.29. The molecule has 0 radical (unpaired) electrons. The molecular formula is C15H20F3NO2. The van der Waals surface area contributed by atoms with Gasteiger partial charge in [-0.25, -0.2) is 0 Å². The molecule has 1 heterocycles. The van der Waals surface area contributed by atoms with E-state index in [0.717, 1.165) is 39.8 Å². The monoisotopic (exact) mass is 303 g/mol. The molecule has 0 saturated carbocycles. The minimum atomic E-state index is -4.21. The van der Waals surface area contributed by atoms with Crippen LogP contribution in [0.2, 0.25) is 0 Å². The molecule has 1 unspecified atom stereocenters. The second kappa shape index (κ2) is 7.13. The van der Waals surface area contributed by atoms with Crippen molar-refractivity contribution in [1.29, 1.82) is 0 Å². The van der Waals surface area contributed by atoms with Crippen LogP contribution in [0.3, 0.4) is 0 Å². The summed E-state index contributed by atoms with van der Waals surface area (Å²) in [5, 5.41) is 0. The van der Waals surface area contributed by atoms with Crippen molar-refractivity contribution in [3.63, 3.8) is 0 Å². The Labute approximate surface area is 122 Å². The van der Waals surface area contributed by atoms with Crippen LogP contribution in [-0.2, 0) is 4.74 Å². The lowest BCUT2D eigenvalue weighted by Gasteiger charge is -2.26. The van der Waals surface area contributed by atoms with E-state index in [2.05, 4.69) is 4.90 Å². The Morgan fingerprint density at radius 1 is 1.19 bits per heavy atom. The van der Waals surface area contributed by atoms with Crippen LogP contribution in [0.5, 0.6) is 5.75 Å². The number of hydrogen-bond donors (Lipinski definition) is 0. The van der Waals surface area contributed by atoms with Crippen molar-refractivity contribution in [2.45, 2.75) is 19.0 Å². The van der Waals surface area contributed by atoms with Gasteiger partial charge in [0.15, 0.2) is 0 Å². The fraction of sp³-hybridized carbons (Fsp3) is 0.600. The van der Waals surface area contributed by atoms with Crippen LogP contribution in [0.15, 0.2) is 24.3 Å². The molecule has 1 atom stereocenters. The largest absolute Gasteiger partial charge is 0.492 e. The Balaban J connectivity index is 1.79. The van der Waals surface area contributed by atoms with Crippen molar-refractivity contribution in [2.75, 3.05) is 39.5 Å². The summed E-state index contributed by atoms with van der Waals surface area (Å²) in [7, 11) is 0. The molecule has 118 valence electrons. The smallest absolute Gasteiger partial charge is 0.395 e. The third-order valence-electron chi connectivity index (χ3n) is 3.65. The van der Waals surface area contributed by atoms with Crippen molar-refractivity contribution in [1.82, 2.24) is 4.90 Å². The first kappa shape index (κ1) is 16.1. The zero-order valence-corrected chi connectivity index (χ0v) is 12.0. The van der Waals surface area contributed by atoms with E-state index in [4.69, 9.17) is 9.47 Å². The molecule has 6 heteroatoms. The summed E-state index contributed by atoms with van der Waals surface area (Å²) in [5.74, 6) is -0.860. The fourth-order valence-electron chi connectivity index (χ4n) is 2.16. The van der Waals surface area contributed by atoms with Gasteiger partial charge in [0.25, 0.3) is 0 Å². The Kier molecular flexibility index (Phi) is 5.47. The molecule has 1 saturated heterocycles. The number of morpholine rings is 1. The lowest BCUT2D eigenvalue weighted by molar-refractivity contribution is -0.146. The number of benzene rings is 1. The van der Waals surface area contributed by atoms with Crippen molar-refractivity contribution in [3.05, 3.63) is 29.8 Å². The van der Waals surface area contributed by atoms with E-state index >= 15 is 0 Å². The maximum absolute atomic E-state index is 12.6. The molecule has 0 aliphatic carbocycles. The Hall–Kier alpha value is -1.27. The van der Waals surface area contributed by atoms with Gasteiger partial charge < -0.3 is 9.47 Å². The zero-order chi connectivity index (χ0) is 15.3. The van der Waals surface area contributed by atoms with Gasteiger partial charge in [0.05, 0.1) is 19.1 Å². The first-order valence-electron chi connectivity index (χ1n) is 7.06. The van der Waals surface area contributed by atoms with Gasteiger partial charge >= 0.3 is 6.18 Å². The lowest BCUT2D eigenvalue weighted by atomic mass is 10.0. The quantitative estimate of drug-likeness (QED) is 0.834. The lowest BCUT2D eigenvalue weighted by Crippen LogP contribution is -2.38. The number of nitrogens with zero attached hydrogens (tertiary/aromatic N) is 1. The Morgan fingerprint density at radius 2 is 1.81 bits per heavy atom. The molecule has 1 aliphatic rings. The molecule has 1 aromatic rings. The average Bonchev–Trinajstić information content (AvgIpc) is 2.47. The van der Waals surface area contributed by atoms with E-state index < -0.39 is 12.1 Å². The van der Waals surface area contributed by atoms with E-state index in [0.29, 0.717) is 12.4 Å². The fourth-order valence-corrected chi connectivity index (χ4v) is 2.16. The maximum Gasteiger partial charge on any atom is 0.395 e. The van der Waals surface area contributed by atoms with Gasteiger partial charge in [-0.2, -0.15) is 13.2 Å². The van der Waals surface area contributed by atoms with Crippen LogP contribution in [0.25, 0.3) is 0 Å². The van der Waals surface area contributed by atoms with E-state index in [-0.39, 0.29) is 5.56 Å². The standard InChI is InChI=1S/C15H20F3NO2/c1-12(15(16,17)18)13-2-4-14(5-3-13)21-11-8-19-6-9-20-10-7-19/h2-5,12H,6-11H2,1H3. The molecule has 0 spiro atoms. The second-order valence-corrected chi connectivity index (χ2v) is 5.13. The molecular weight excluding hydrogens is 283 g/mol. The van der Waals surface area contributed by atoms with Crippen LogP contribution >= 0.6 is 0 Å². The molecule has 0 bridgehead atoms. The van der Waals surface area contributed by atoms with Gasteiger partial charge in [-0.05, 0) is 24.6 Å². The number of halogens is 3. The predicted octanol–water partition coefficient (Wildman–Crippen LogP) is 3.06. The minimum Gasteiger partial charge on any atom is -0.492 e. The van der Waals surface area contributed by atoms with Crippen LogP contribution < -0.4 is 4.74 Å². The zero-order valence-electron chi connectivity index (χ0n) is 12.0. The number of rotatable bonds is 5. The second-order valence-electron chi connectivity index (χ2n) is 5.13. The first-order valence-corrected chi connectivity index (χ1v) is 7.06. The van der Waals surface area contributed by atoms with E-state index in [1.165, 1.54) is 12.1 Å².